The fraction of sp³-hybridized carbons (Fsp3) is 0.316. The fourth-order valence-electron chi connectivity index (χ4n) is 3.18. The van der Waals surface area contributed by atoms with Gasteiger partial charge in [-0.1, -0.05) is 25.0 Å². The topological polar surface area (TPSA) is 63.2 Å². The summed E-state index contributed by atoms with van der Waals surface area (Å²) in [5.74, 6) is -0.592. The Bertz CT molecular complexity index is 874. The van der Waals surface area contributed by atoms with Gasteiger partial charge in [0, 0.05) is 11.3 Å². The Kier molecular flexibility index (Phi) is 5.18. The van der Waals surface area contributed by atoms with E-state index in [4.69, 9.17) is 0 Å². The van der Waals surface area contributed by atoms with E-state index < -0.39 is 21.6 Å². The zero-order chi connectivity index (χ0) is 17.9. The molecule has 4 nitrogen and oxygen atoms in total. The summed E-state index contributed by atoms with van der Waals surface area (Å²) >= 11 is 0. The molecule has 0 radical (unpaired) electrons. The van der Waals surface area contributed by atoms with E-state index in [9.17, 15) is 17.6 Å². The van der Waals surface area contributed by atoms with Gasteiger partial charge in [-0.2, -0.15) is 0 Å². The number of anilines is 1. The van der Waals surface area contributed by atoms with E-state index in [1.807, 2.05) is 0 Å². The molecule has 1 aliphatic carbocycles. The van der Waals surface area contributed by atoms with Gasteiger partial charge >= 0.3 is 0 Å². The van der Waals surface area contributed by atoms with E-state index in [0.717, 1.165) is 25.7 Å². The van der Waals surface area contributed by atoms with Gasteiger partial charge < -0.3 is 5.32 Å². The van der Waals surface area contributed by atoms with Crippen molar-refractivity contribution in [3.63, 3.8) is 0 Å². The highest BCUT2D eigenvalue weighted by atomic mass is 32.2. The first-order valence-electron chi connectivity index (χ1n) is 8.34. The summed E-state index contributed by atoms with van der Waals surface area (Å²) < 4.78 is 38.4. The smallest absolute Gasteiger partial charge is 0.255 e. The molecule has 0 aliphatic heterocycles. The van der Waals surface area contributed by atoms with Crippen molar-refractivity contribution in [3.05, 3.63) is 59.9 Å². The van der Waals surface area contributed by atoms with Crippen molar-refractivity contribution in [3.8, 4) is 0 Å². The highest BCUT2D eigenvalue weighted by molar-refractivity contribution is 7.91. The minimum atomic E-state index is -3.42. The van der Waals surface area contributed by atoms with Crippen LogP contribution in [0, 0.1) is 11.7 Å². The number of hydrogen-bond acceptors (Lipinski definition) is 3. The Balaban J connectivity index is 1.77. The molecule has 0 bridgehead atoms. The number of hydrogen-bond donors (Lipinski definition) is 1. The van der Waals surface area contributed by atoms with Crippen molar-refractivity contribution in [2.75, 3.05) is 11.1 Å². The lowest BCUT2D eigenvalue weighted by molar-refractivity contribution is 0.102. The second-order valence-electron chi connectivity index (χ2n) is 6.42. The summed E-state index contributed by atoms with van der Waals surface area (Å²) in [4.78, 5) is 12.5. The quantitative estimate of drug-likeness (QED) is 0.874. The molecule has 6 heteroatoms. The van der Waals surface area contributed by atoms with Crippen molar-refractivity contribution in [1.29, 1.82) is 0 Å². The van der Waals surface area contributed by atoms with Crippen molar-refractivity contribution < 1.29 is 17.6 Å². The van der Waals surface area contributed by atoms with Crippen LogP contribution in [0.15, 0.2) is 53.4 Å². The van der Waals surface area contributed by atoms with E-state index in [2.05, 4.69) is 5.32 Å². The average Bonchev–Trinajstić information content (AvgIpc) is 3.07. The maximum Gasteiger partial charge on any atom is 0.255 e. The summed E-state index contributed by atoms with van der Waals surface area (Å²) in [5, 5.41) is 2.58. The molecule has 0 saturated heterocycles. The molecular formula is C19H20FNO3S. The maximum absolute atomic E-state index is 13.2. The molecule has 132 valence electrons. The Morgan fingerprint density at radius 1 is 1.08 bits per heavy atom. The number of benzene rings is 2. The predicted molar refractivity (Wildman–Crippen MR) is 94.8 cm³/mol. The SMILES string of the molecule is O=C(Nc1cccc(F)c1)c1cccc(S(=O)(=O)CC2CCCC2)c1. The molecule has 2 aromatic rings. The minimum absolute atomic E-state index is 0.127. The zero-order valence-electron chi connectivity index (χ0n) is 13.7. The molecule has 1 amide bonds. The average molecular weight is 361 g/mol. The molecule has 1 fully saturated rings. The molecule has 1 saturated carbocycles. The Hall–Kier alpha value is -2.21. The van der Waals surface area contributed by atoms with Crippen molar-refractivity contribution in [2.45, 2.75) is 30.6 Å². The fourth-order valence-corrected chi connectivity index (χ4v) is 4.92. The third kappa shape index (κ3) is 4.45. The van der Waals surface area contributed by atoms with Gasteiger partial charge in [0.1, 0.15) is 5.82 Å². The molecule has 0 unspecified atom stereocenters. The number of halogens is 1. The lowest BCUT2D eigenvalue weighted by atomic mass is 10.1. The van der Waals surface area contributed by atoms with Crippen LogP contribution in [0.25, 0.3) is 0 Å². The number of sulfone groups is 1. The zero-order valence-corrected chi connectivity index (χ0v) is 14.6. The second-order valence-corrected chi connectivity index (χ2v) is 8.46. The monoisotopic (exact) mass is 361 g/mol. The number of rotatable bonds is 5. The number of amides is 1. The normalized spacial score (nSPS) is 15.2. The Morgan fingerprint density at radius 3 is 2.52 bits per heavy atom. The summed E-state index contributed by atoms with van der Waals surface area (Å²) in [7, 11) is -3.42. The first-order valence-corrected chi connectivity index (χ1v) is 9.99. The van der Waals surface area contributed by atoms with Crippen molar-refractivity contribution in [2.24, 2.45) is 5.92 Å². The second kappa shape index (κ2) is 7.35. The number of nitrogens with one attached hydrogen (secondary N) is 1. The molecule has 3 rings (SSSR count). The summed E-state index contributed by atoms with van der Waals surface area (Å²) in [6.45, 7) is 0. The molecular weight excluding hydrogens is 341 g/mol. The van der Waals surface area contributed by atoms with Gasteiger partial charge in [-0.15, -0.1) is 0 Å². The first-order chi connectivity index (χ1) is 11.9. The highest BCUT2D eigenvalue weighted by Gasteiger charge is 2.24. The van der Waals surface area contributed by atoms with Crippen LogP contribution in [0.4, 0.5) is 10.1 Å². The lowest BCUT2D eigenvalue weighted by Crippen LogP contribution is -2.16. The summed E-state index contributed by atoms with van der Waals surface area (Å²) in [6, 6.07) is 11.6. The molecule has 0 aromatic heterocycles. The highest BCUT2D eigenvalue weighted by Crippen LogP contribution is 2.28. The molecule has 25 heavy (non-hydrogen) atoms. The largest absolute Gasteiger partial charge is 0.322 e. The lowest BCUT2D eigenvalue weighted by Gasteiger charge is -2.11. The van der Waals surface area contributed by atoms with Crippen LogP contribution in [0.3, 0.4) is 0 Å². The van der Waals surface area contributed by atoms with Crippen LogP contribution in [0.5, 0.6) is 0 Å². The predicted octanol–water partition coefficient (Wildman–Crippen LogP) is 4.04. The maximum atomic E-state index is 13.2. The van der Waals surface area contributed by atoms with Crippen LogP contribution >= 0.6 is 0 Å². The number of carbonyl (C=O) groups is 1. The molecule has 1 N–H and O–H groups in total. The van der Waals surface area contributed by atoms with Crippen molar-refractivity contribution in [1.82, 2.24) is 0 Å². The van der Waals surface area contributed by atoms with Gasteiger partial charge in [-0.3, -0.25) is 4.79 Å². The van der Waals surface area contributed by atoms with E-state index >= 15 is 0 Å². The van der Waals surface area contributed by atoms with Gasteiger partial charge in [0.2, 0.25) is 0 Å². The number of carbonyl (C=O) groups excluding carboxylic acids is 1. The van der Waals surface area contributed by atoms with Gasteiger partial charge in [0.15, 0.2) is 9.84 Å². The Morgan fingerprint density at radius 2 is 1.80 bits per heavy atom. The van der Waals surface area contributed by atoms with Crippen LogP contribution in [0.1, 0.15) is 36.0 Å². The van der Waals surface area contributed by atoms with Crippen LogP contribution in [-0.4, -0.2) is 20.1 Å². The van der Waals surface area contributed by atoms with Crippen LogP contribution < -0.4 is 5.32 Å². The van der Waals surface area contributed by atoms with E-state index in [-0.39, 0.29) is 22.1 Å². The third-order valence-corrected chi connectivity index (χ3v) is 6.35. The van der Waals surface area contributed by atoms with E-state index in [1.165, 1.54) is 30.3 Å². The van der Waals surface area contributed by atoms with Crippen LogP contribution in [0.2, 0.25) is 0 Å². The van der Waals surface area contributed by atoms with E-state index in [1.54, 1.807) is 18.2 Å². The van der Waals surface area contributed by atoms with Gasteiger partial charge in [0.05, 0.1) is 10.6 Å². The third-order valence-electron chi connectivity index (χ3n) is 4.47. The molecule has 0 atom stereocenters. The summed E-state index contributed by atoms with van der Waals surface area (Å²) in [5.41, 5.74) is 0.556. The summed E-state index contributed by atoms with van der Waals surface area (Å²) in [6.07, 6.45) is 4.05. The van der Waals surface area contributed by atoms with Crippen LogP contribution in [-0.2, 0) is 9.84 Å². The standard InChI is InChI=1S/C19H20FNO3S/c20-16-8-4-9-17(12-16)21-19(22)15-7-3-10-18(11-15)25(23,24)13-14-5-1-2-6-14/h3-4,7-12,14H,1-2,5-6,13H2,(H,21,22). The van der Waals surface area contributed by atoms with Gasteiger partial charge in [0.25, 0.3) is 5.91 Å². The Labute approximate surface area is 147 Å². The molecule has 2 aromatic carbocycles. The molecule has 0 spiro atoms. The van der Waals surface area contributed by atoms with E-state index in [0.29, 0.717) is 5.69 Å². The molecule has 0 heterocycles. The minimum Gasteiger partial charge on any atom is -0.322 e. The van der Waals surface area contributed by atoms with Gasteiger partial charge in [-0.25, -0.2) is 12.8 Å². The molecule has 1 aliphatic rings. The van der Waals surface area contributed by atoms with Crippen molar-refractivity contribution >= 4 is 21.4 Å². The first kappa shape index (κ1) is 17.6. The van der Waals surface area contributed by atoms with Gasteiger partial charge in [-0.05, 0) is 55.2 Å².